The lowest BCUT2D eigenvalue weighted by atomic mass is 10.2. The Morgan fingerprint density at radius 2 is 2.33 bits per heavy atom. The third kappa shape index (κ3) is 3.37. The standard InChI is InChI=1S/C10H14O2/c1-8-7-9(8)5-3-2-4-6-10(11)12/h4-6,8H,2-3,7H2,1H3,(H,11,12). The lowest BCUT2D eigenvalue weighted by Crippen LogP contribution is -1.85. The van der Waals surface area contributed by atoms with Gasteiger partial charge < -0.3 is 5.11 Å². The van der Waals surface area contributed by atoms with Gasteiger partial charge in [0.15, 0.2) is 0 Å². The number of carboxylic acids is 1. The highest BCUT2D eigenvalue weighted by molar-refractivity contribution is 5.79. The first kappa shape index (κ1) is 9.04. The van der Waals surface area contributed by atoms with E-state index in [1.807, 2.05) is 0 Å². The van der Waals surface area contributed by atoms with Crippen molar-refractivity contribution in [1.82, 2.24) is 0 Å². The largest absolute Gasteiger partial charge is 0.478 e. The number of aliphatic carboxylic acids is 1. The second-order valence-electron chi connectivity index (χ2n) is 3.20. The van der Waals surface area contributed by atoms with Gasteiger partial charge in [-0.1, -0.05) is 24.6 Å². The lowest BCUT2D eigenvalue weighted by Gasteiger charge is -1.84. The molecule has 1 N–H and O–H groups in total. The van der Waals surface area contributed by atoms with Gasteiger partial charge in [-0.3, -0.25) is 0 Å². The van der Waals surface area contributed by atoms with E-state index in [0.29, 0.717) is 0 Å². The van der Waals surface area contributed by atoms with E-state index in [1.54, 1.807) is 6.08 Å². The molecule has 1 aliphatic carbocycles. The molecule has 0 saturated heterocycles. The van der Waals surface area contributed by atoms with Crippen LogP contribution in [0.15, 0.2) is 23.8 Å². The first-order valence-electron chi connectivity index (χ1n) is 4.28. The maximum absolute atomic E-state index is 10.1. The molecular weight excluding hydrogens is 152 g/mol. The van der Waals surface area contributed by atoms with E-state index in [-0.39, 0.29) is 0 Å². The van der Waals surface area contributed by atoms with Crippen LogP contribution in [0.1, 0.15) is 26.2 Å². The fourth-order valence-corrected chi connectivity index (χ4v) is 1.13. The van der Waals surface area contributed by atoms with Crippen LogP contribution in [0.3, 0.4) is 0 Å². The van der Waals surface area contributed by atoms with E-state index in [1.165, 1.54) is 18.1 Å². The van der Waals surface area contributed by atoms with Crippen molar-refractivity contribution in [2.75, 3.05) is 0 Å². The van der Waals surface area contributed by atoms with E-state index in [0.717, 1.165) is 18.8 Å². The fourth-order valence-electron chi connectivity index (χ4n) is 1.13. The van der Waals surface area contributed by atoms with Crippen molar-refractivity contribution >= 4 is 5.97 Å². The molecule has 0 aliphatic heterocycles. The molecule has 1 atom stereocenters. The zero-order valence-corrected chi connectivity index (χ0v) is 7.29. The minimum atomic E-state index is -0.859. The summed E-state index contributed by atoms with van der Waals surface area (Å²) in [5.41, 5.74) is 1.53. The molecule has 0 bridgehead atoms. The van der Waals surface area contributed by atoms with Gasteiger partial charge in [0, 0.05) is 6.08 Å². The van der Waals surface area contributed by atoms with Crippen LogP contribution in [-0.4, -0.2) is 11.1 Å². The van der Waals surface area contributed by atoms with Gasteiger partial charge in [0.2, 0.25) is 0 Å². The van der Waals surface area contributed by atoms with E-state index < -0.39 is 5.97 Å². The summed E-state index contributed by atoms with van der Waals surface area (Å²) in [4.78, 5) is 10.1. The summed E-state index contributed by atoms with van der Waals surface area (Å²) in [5.74, 6) is -0.0732. The lowest BCUT2D eigenvalue weighted by molar-refractivity contribution is -0.131. The Balaban J connectivity index is 2.07. The summed E-state index contributed by atoms with van der Waals surface area (Å²) in [6.45, 7) is 2.21. The average molecular weight is 166 g/mol. The molecule has 0 aromatic rings. The Kier molecular flexibility index (Phi) is 3.09. The van der Waals surface area contributed by atoms with Crippen molar-refractivity contribution in [2.24, 2.45) is 5.92 Å². The Bertz CT molecular complexity index is 226. The topological polar surface area (TPSA) is 37.3 Å². The monoisotopic (exact) mass is 166 g/mol. The molecule has 1 fully saturated rings. The van der Waals surface area contributed by atoms with Crippen LogP contribution >= 0.6 is 0 Å². The molecule has 1 rings (SSSR count). The summed E-state index contributed by atoms with van der Waals surface area (Å²) < 4.78 is 0. The van der Waals surface area contributed by atoms with E-state index in [4.69, 9.17) is 5.11 Å². The third-order valence-electron chi connectivity index (χ3n) is 2.02. The summed E-state index contributed by atoms with van der Waals surface area (Å²) >= 11 is 0. The molecule has 66 valence electrons. The summed E-state index contributed by atoms with van der Waals surface area (Å²) in [7, 11) is 0. The molecule has 12 heavy (non-hydrogen) atoms. The first-order chi connectivity index (χ1) is 5.70. The number of hydrogen-bond acceptors (Lipinski definition) is 1. The second kappa shape index (κ2) is 4.10. The second-order valence-corrected chi connectivity index (χ2v) is 3.20. The molecule has 1 saturated carbocycles. The van der Waals surface area contributed by atoms with Crippen molar-refractivity contribution in [1.29, 1.82) is 0 Å². The van der Waals surface area contributed by atoms with Crippen molar-refractivity contribution in [3.63, 3.8) is 0 Å². The van der Waals surface area contributed by atoms with E-state index in [2.05, 4.69) is 13.0 Å². The van der Waals surface area contributed by atoms with Crippen molar-refractivity contribution in [2.45, 2.75) is 26.2 Å². The molecular formula is C10H14O2. The molecule has 2 nitrogen and oxygen atoms in total. The smallest absolute Gasteiger partial charge is 0.327 e. The Morgan fingerprint density at radius 1 is 1.67 bits per heavy atom. The van der Waals surface area contributed by atoms with Crippen LogP contribution < -0.4 is 0 Å². The Hall–Kier alpha value is -1.05. The molecule has 0 aromatic carbocycles. The van der Waals surface area contributed by atoms with Crippen LogP contribution in [-0.2, 0) is 4.79 Å². The van der Waals surface area contributed by atoms with Gasteiger partial charge in [-0.25, -0.2) is 4.79 Å². The minimum absolute atomic E-state index is 0.786. The highest BCUT2D eigenvalue weighted by atomic mass is 16.4. The molecule has 0 spiro atoms. The first-order valence-corrected chi connectivity index (χ1v) is 4.28. The molecule has 0 radical (unpaired) electrons. The number of rotatable bonds is 4. The summed E-state index contributed by atoms with van der Waals surface area (Å²) in [6.07, 6.45) is 8.17. The van der Waals surface area contributed by atoms with Crippen molar-refractivity contribution < 1.29 is 9.90 Å². The van der Waals surface area contributed by atoms with Crippen molar-refractivity contribution in [3.8, 4) is 0 Å². The Labute approximate surface area is 72.6 Å². The van der Waals surface area contributed by atoms with Gasteiger partial charge in [-0.15, -0.1) is 0 Å². The summed E-state index contributed by atoms with van der Waals surface area (Å²) in [5, 5.41) is 8.27. The Morgan fingerprint density at radius 3 is 2.83 bits per heavy atom. The molecule has 0 amide bonds. The molecule has 0 aromatic heterocycles. The van der Waals surface area contributed by atoms with Crippen LogP contribution in [0.4, 0.5) is 0 Å². The predicted octanol–water partition coefficient (Wildman–Crippen LogP) is 2.37. The van der Waals surface area contributed by atoms with Gasteiger partial charge in [0.05, 0.1) is 0 Å². The highest BCUT2D eigenvalue weighted by Gasteiger charge is 2.22. The zero-order chi connectivity index (χ0) is 8.97. The van der Waals surface area contributed by atoms with Crippen LogP contribution in [0, 0.1) is 5.92 Å². The average Bonchev–Trinajstić information content (AvgIpc) is 2.65. The molecule has 0 heterocycles. The maximum atomic E-state index is 10.1. The van der Waals surface area contributed by atoms with Gasteiger partial charge in [0.1, 0.15) is 0 Å². The summed E-state index contributed by atoms with van der Waals surface area (Å²) in [6, 6.07) is 0. The maximum Gasteiger partial charge on any atom is 0.327 e. The fraction of sp³-hybridized carbons (Fsp3) is 0.500. The number of unbranched alkanes of at least 4 members (excludes halogenated alkanes) is 1. The SMILES string of the molecule is CC1CC1=CCCC=CC(=O)O. The molecule has 1 aliphatic rings. The predicted molar refractivity (Wildman–Crippen MR) is 47.9 cm³/mol. The molecule has 2 heteroatoms. The quantitative estimate of drug-likeness (QED) is 0.395. The molecule has 1 unspecified atom stereocenters. The van der Waals surface area contributed by atoms with Gasteiger partial charge in [-0.05, 0) is 25.2 Å². The van der Waals surface area contributed by atoms with Crippen molar-refractivity contribution in [3.05, 3.63) is 23.8 Å². The zero-order valence-electron chi connectivity index (χ0n) is 7.29. The number of allylic oxidation sites excluding steroid dienone is 3. The van der Waals surface area contributed by atoms with Gasteiger partial charge in [-0.2, -0.15) is 0 Å². The van der Waals surface area contributed by atoms with E-state index in [9.17, 15) is 4.79 Å². The van der Waals surface area contributed by atoms with Gasteiger partial charge in [0.25, 0.3) is 0 Å². The minimum Gasteiger partial charge on any atom is -0.478 e. The van der Waals surface area contributed by atoms with Crippen LogP contribution in [0.2, 0.25) is 0 Å². The van der Waals surface area contributed by atoms with Gasteiger partial charge >= 0.3 is 5.97 Å². The number of carboxylic acid groups (broad SMARTS) is 1. The van der Waals surface area contributed by atoms with Crippen LogP contribution in [0.25, 0.3) is 0 Å². The van der Waals surface area contributed by atoms with E-state index >= 15 is 0 Å². The number of carbonyl (C=O) groups is 1. The normalized spacial score (nSPS) is 25.1. The third-order valence-corrected chi connectivity index (χ3v) is 2.02. The number of hydrogen-bond donors (Lipinski definition) is 1. The van der Waals surface area contributed by atoms with Crippen LogP contribution in [0.5, 0.6) is 0 Å². The highest BCUT2D eigenvalue weighted by Crippen LogP contribution is 2.36.